The van der Waals surface area contributed by atoms with Gasteiger partial charge in [0.1, 0.15) is 0 Å². The lowest BCUT2D eigenvalue weighted by atomic mass is 10.1. The van der Waals surface area contributed by atoms with Gasteiger partial charge in [-0.1, -0.05) is 29.8 Å². The summed E-state index contributed by atoms with van der Waals surface area (Å²) >= 11 is 5.85. The third-order valence-electron chi connectivity index (χ3n) is 3.21. The minimum Gasteiger partial charge on any atom is -0.449 e. The van der Waals surface area contributed by atoms with Gasteiger partial charge in [-0.15, -0.1) is 0 Å². The molecule has 0 aliphatic rings. The predicted octanol–water partition coefficient (Wildman–Crippen LogP) is 3.80. The summed E-state index contributed by atoms with van der Waals surface area (Å²) in [4.78, 5) is 23.8. The van der Waals surface area contributed by atoms with Crippen LogP contribution in [0.3, 0.4) is 0 Å². The first-order chi connectivity index (χ1) is 12.0. The Bertz CT molecular complexity index is 838. The summed E-state index contributed by atoms with van der Waals surface area (Å²) in [6.45, 7) is 1.48. The highest BCUT2D eigenvalue weighted by atomic mass is 35.5. The molecule has 6 heteroatoms. The van der Waals surface area contributed by atoms with Gasteiger partial charge in [-0.05, 0) is 48.9 Å². The maximum absolute atomic E-state index is 12.0. The van der Waals surface area contributed by atoms with Crippen LogP contribution in [0.15, 0.2) is 54.6 Å². The van der Waals surface area contributed by atoms with Gasteiger partial charge in [0, 0.05) is 16.8 Å². The molecule has 0 fully saturated rings. The van der Waals surface area contributed by atoms with Gasteiger partial charge in [-0.2, -0.15) is 5.26 Å². The molecule has 2 rings (SSSR count). The number of anilines is 1. The van der Waals surface area contributed by atoms with Gasteiger partial charge in [0.15, 0.2) is 6.10 Å². The summed E-state index contributed by atoms with van der Waals surface area (Å²) in [5.74, 6) is -1.10. The van der Waals surface area contributed by atoms with E-state index in [9.17, 15) is 9.59 Å². The molecule has 0 radical (unpaired) electrons. The number of halogens is 1. The van der Waals surface area contributed by atoms with Crippen molar-refractivity contribution >= 4 is 35.2 Å². The van der Waals surface area contributed by atoms with Gasteiger partial charge in [-0.25, -0.2) is 4.79 Å². The molecule has 0 saturated carbocycles. The summed E-state index contributed by atoms with van der Waals surface area (Å²) < 4.78 is 5.06. The number of nitriles is 1. The first kappa shape index (κ1) is 18.2. The topological polar surface area (TPSA) is 79.2 Å². The molecule has 1 amide bonds. The first-order valence-corrected chi connectivity index (χ1v) is 7.81. The molecule has 0 aromatic heterocycles. The summed E-state index contributed by atoms with van der Waals surface area (Å²) in [5, 5.41) is 11.8. The standard InChI is InChI=1S/C19H15ClN2O3/c1-13(19(24)22-17-4-2-3-16(20)11-17)25-18(23)10-9-14-5-7-15(12-21)8-6-14/h2-11,13H,1H3,(H,22,24)/b10-9+/t13-/m0/s1. The number of rotatable bonds is 5. The Labute approximate surface area is 150 Å². The molecule has 2 aromatic rings. The number of amides is 1. The van der Waals surface area contributed by atoms with E-state index in [1.807, 2.05) is 6.07 Å². The van der Waals surface area contributed by atoms with Gasteiger partial charge in [-0.3, -0.25) is 4.79 Å². The van der Waals surface area contributed by atoms with Crippen LogP contribution in [-0.2, 0) is 14.3 Å². The SMILES string of the molecule is C[C@H](OC(=O)/C=C/c1ccc(C#N)cc1)C(=O)Nc1cccc(Cl)c1. The molecule has 0 aliphatic carbocycles. The van der Waals surface area contributed by atoms with Crippen molar-refractivity contribution in [3.63, 3.8) is 0 Å². The first-order valence-electron chi connectivity index (χ1n) is 7.43. The highest BCUT2D eigenvalue weighted by molar-refractivity contribution is 6.30. The van der Waals surface area contributed by atoms with Crippen molar-refractivity contribution in [1.29, 1.82) is 5.26 Å². The van der Waals surface area contributed by atoms with Gasteiger partial charge in [0.05, 0.1) is 11.6 Å². The number of carbonyl (C=O) groups excluding carboxylic acids is 2. The van der Waals surface area contributed by atoms with Crippen LogP contribution in [0.4, 0.5) is 5.69 Å². The Morgan fingerprint density at radius 3 is 2.60 bits per heavy atom. The minimum absolute atomic E-state index is 0.456. The molecular weight excluding hydrogens is 340 g/mol. The number of hydrogen-bond donors (Lipinski definition) is 1. The molecule has 1 atom stereocenters. The van der Waals surface area contributed by atoms with Crippen molar-refractivity contribution in [3.8, 4) is 6.07 Å². The Morgan fingerprint density at radius 2 is 1.96 bits per heavy atom. The highest BCUT2D eigenvalue weighted by Crippen LogP contribution is 2.15. The third-order valence-corrected chi connectivity index (χ3v) is 3.44. The molecule has 0 saturated heterocycles. The van der Waals surface area contributed by atoms with E-state index in [0.29, 0.717) is 16.3 Å². The average Bonchev–Trinajstić information content (AvgIpc) is 2.60. The third kappa shape index (κ3) is 5.79. The molecule has 0 aliphatic heterocycles. The van der Waals surface area contributed by atoms with Crippen molar-refractivity contribution in [2.45, 2.75) is 13.0 Å². The van der Waals surface area contributed by atoms with Crippen LogP contribution in [0.2, 0.25) is 5.02 Å². The van der Waals surface area contributed by atoms with E-state index in [0.717, 1.165) is 5.56 Å². The number of ether oxygens (including phenoxy) is 1. The van der Waals surface area contributed by atoms with Crippen molar-refractivity contribution in [1.82, 2.24) is 0 Å². The van der Waals surface area contributed by atoms with Crippen LogP contribution < -0.4 is 5.32 Å². The fraction of sp³-hybridized carbons (Fsp3) is 0.105. The van der Waals surface area contributed by atoms with Crippen molar-refractivity contribution in [3.05, 3.63) is 70.8 Å². The van der Waals surface area contributed by atoms with E-state index < -0.39 is 18.0 Å². The van der Waals surface area contributed by atoms with E-state index in [1.54, 1.807) is 54.6 Å². The lowest BCUT2D eigenvalue weighted by Crippen LogP contribution is -2.29. The van der Waals surface area contributed by atoms with Crippen LogP contribution in [0.1, 0.15) is 18.1 Å². The zero-order chi connectivity index (χ0) is 18.2. The second kappa shape index (κ2) is 8.67. The van der Waals surface area contributed by atoms with E-state index >= 15 is 0 Å². The van der Waals surface area contributed by atoms with E-state index in [1.165, 1.54) is 13.0 Å². The molecule has 126 valence electrons. The molecule has 0 heterocycles. The van der Waals surface area contributed by atoms with Gasteiger partial charge >= 0.3 is 5.97 Å². The lowest BCUT2D eigenvalue weighted by Gasteiger charge is -2.12. The number of nitrogens with one attached hydrogen (secondary N) is 1. The van der Waals surface area contributed by atoms with Crippen molar-refractivity contribution < 1.29 is 14.3 Å². The summed E-state index contributed by atoms with van der Waals surface area (Å²) in [6, 6.07) is 15.4. The van der Waals surface area contributed by atoms with Crippen LogP contribution >= 0.6 is 11.6 Å². The van der Waals surface area contributed by atoms with Crippen LogP contribution in [-0.4, -0.2) is 18.0 Å². The predicted molar refractivity (Wildman–Crippen MR) is 95.8 cm³/mol. The Hall–Kier alpha value is -3.10. The normalized spacial score (nSPS) is 11.6. The van der Waals surface area contributed by atoms with Gasteiger partial charge < -0.3 is 10.1 Å². The maximum Gasteiger partial charge on any atom is 0.331 e. The molecular formula is C19H15ClN2O3. The fourth-order valence-electron chi connectivity index (χ4n) is 1.91. The molecule has 1 N–H and O–H groups in total. The zero-order valence-corrected chi connectivity index (χ0v) is 14.2. The van der Waals surface area contributed by atoms with Crippen LogP contribution in [0.25, 0.3) is 6.08 Å². The molecule has 0 bridgehead atoms. The molecule has 0 spiro atoms. The number of benzene rings is 2. The average molecular weight is 355 g/mol. The van der Waals surface area contributed by atoms with E-state index in [2.05, 4.69) is 5.32 Å². The maximum atomic E-state index is 12.0. The van der Waals surface area contributed by atoms with Gasteiger partial charge in [0.2, 0.25) is 0 Å². The lowest BCUT2D eigenvalue weighted by molar-refractivity contribution is -0.148. The minimum atomic E-state index is -0.961. The summed E-state index contributed by atoms with van der Waals surface area (Å²) in [5.41, 5.74) is 1.80. The van der Waals surface area contributed by atoms with E-state index in [-0.39, 0.29) is 0 Å². The monoisotopic (exact) mass is 354 g/mol. The Kier molecular flexibility index (Phi) is 6.33. The Morgan fingerprint density at radius 1 is 1.24 bits per heavy atom. The second-order valence-electron chi connectivity index (χ2n) is 5.15. The van der Waals surface area contributed by atoms with E-state index in [4.69, 9.17) is 21.6 Å². The van der Waals surface area contributed by atoms with Crippen LogP contribution in [0.5, 0.6) is 0 Å². The smallest absolute Gasteiger partial charge is 0.331 e. The Balaban J connectivity index is 1.89. The molecule has 5 nitrogen and oxygen atoms in total. The molecule has 0 unspecified atom stereocenters. The quantitative estimate of drug-likeness (QED) is 0.654. The number of nitrogens with zero attached hydrogens (tertiary/aromatic N) is 1. The molecule has 25 heavy (non-hydrogen) atoms. The zero-order valence-electron chi connectivity index (χ0n) is 13.4. The number of carbonyl (C=O) groups is 2. The number of esters is 1. The van der Waals surface area contributed by atoms with Gasteiger partial charge in [0.25, 0.3) is 5.91 Å². The highest BCUT2D eigenvalue weighted by Gasteiger charge is 2.16. The van der Waals surface area contributed by atoms with Crippen LogP contribution in [0, 0.1) is 11.3 Å². The largest absolute Gasteiger partial charge is 0.449 e. The fourth-order valence-corrected chi connectivity index (χ4v) is 2.10. The van der Waals surface area contributed by atoms with Crippen molar-refractivity contribution in [2.75, 3.05) is 5.32 Å². The number of hydrogen-bond acceptors (Lipinski definition) is 4. The molecule has 2 aromatic carbocycles. The summed E-state index contributed by atoms with van der Waals surface area (Å²) in [6.07, 6.45) is 1.81. The second-order valence-corrected chi connectivity index (χ2v) is 5.58. The summed E-state index contributed by atoms with van der Waals surface area (Å²) in [7, 11) is 0. The van der Waals surface area contributed by atoms with Crippen molar-refractivity contribution in [2.24, 2.45) is 0 Å².